The maximum absolute atomic E-state index is 11.5. The fourth-order valence-corrected chi connectivity index (χ4v) is 1.84. The fraction of sp³-hybridized carbons (Fsp3) is 0.500. The molecule has 0 radical (unpaired) electrons. The summed E-state index contributed by atoms with van der Waals surface area (Å²) >= 11 is 0. The molecular formula is C16H27IN4O2. The maximum atomic E-state index is 11.5. The van der Waals surface area contributed by atoms with Crippen LogP contribution in [-0.2, 0) is 11.3 Å². The molecule has 0 bridgehead atoms. The minimum atomic E-state index is 0. The Bertz CT molecular complexity index is 489. The molecule has 0 saturated carbocycles. The van der Waals surface area contributed by atoms with Crippen LogP contribution in [0.15, 0.2) is 29.3 Å². The second-order valence-corrected chi connectivity index (χ2v) is 5.17. The van der Waals surface area contributed by atoms with Crippen molar-refractivity contribution >= 4 is 35.8 Å². The Hall–Kier alpha value is -1.51. The van der Waals surface area contributed by atoms with Crippen LogP contribution < -0.4 is 20.7 Å². The summed E-state index contributed by atoms with van der Waals surface area (Å²) in [6.45, 7) is 5.09. The van der Waals surface area contributed by atoms with Gasteiger partial charge in [0.1, 0.15) is 5.75 Å². The third kappa shape index (κ3) is 9.27. The van der Waals surface area contributed by atoms with Crippen molar-refractivity contribution in [3.63, 3.8) is 0 Å². The van der Waals surface area contributed by atoms with Gasteiger partial charge in [-0.15, -0.1) is 24.0 Å². The highest BCUT2D eigenvalue weighted by atomic mass is 127. The average Bonchev–Trinajstić information content (AvgIpc) is 2.50. The summed E-state index contributed by atoms with van der Waals surface area (Å²) in [6, 6.07) is 8.00. The first-order valence-electron chi connectivity index (χ1n) is 7.42. The van der Waals surface area contributed by atoms with E-state index in [2.05, 4.69) is 20.9 Å². The van der Waals surface area contributed by atoms with E-state index in [9.17, 15) is 4.79 Å². The molecule has 0 fully saturated rings. The summed E-state index contributed by atoms with van der Waals surface area (Å²) in [7, 11) is 3.35. The second-order valence-electron chi connectivity index (χ2n) is 5.17. The first-order chi connectivity index (χ1) is 10.5. The fourth-order valence-electron chi connectivity index (χ4n) is 1.84. The molecule has 0 aliphatic heterocycles. The molecule has 130 valence electrons. The molecule has 0 atom stereocenters. The molecule has 6 nitrogen and oxygen atoms in total. The zero-order valence-electron chi connectivity index (χ0n) is 14.2. The van der Waals surface area contributed by atoms with E-state index in [1.807, 2.05) is 38.1 Å². The molecule has 0 unspecified atom stereocenters. The Kier molecular flexibility index (Phi) is 11.2. The summed E-state index contributed by atoms with van der Waals surface area (Å²) in [5, 5.41) is 9.18. The number of nitrogens with one attached hydrogen (secondary N) is 3. The van der Waals surface area contributed by atoms with Crippen molar-refractivity contribution in [3.8, 4) is 5.75 Å². The normalized spacial score (nSPS) is 10.7. The van der Waals surface area contributed by atoms with E-state index in [1.165, 1.54) is 0 Å². The van der Waals surface area contributed by atoms with Crippen LogP contribution in [0, 0.1) is 0 Å². The number of ether oxygens (including phenoxy) is 1. The minimum absolute atomic E-state index is 0. The van der Waals surface area contributed by atoms with Crippen molar-refractivity contribution in [2.45, 2.75) is 32.9 Å². The Labute approximate surface area is 155 Å². The highest BCUT2D eigenvalue weighted by molar-refractivity contribution is 14.0. The first-order valence-corrected chi connectivity index (χ1v) is 7.42. The van der Waals surface area contributed by atoms with Crippen molar-refractivity contribution < 1.29 is 9.53 Å². The van der Waals surface area contributed by atoms with Crippen LogP contribution in [0.3, 0.4) is 0 Å². The molecule has 7 heteroatoms. The zero-order chi connectivity index (χ0) is 16.4. The molecule has 0 aliphatic rings. The van der Waals surface area contributed by atoms with Crippen LogP contribution in [0.2, 0.25) is 0 Å². The number of rotatable bonds is 7. The molecule has 0 heterocycles. The van der Waals surface area contributed by atoms with Crippen molar-refractivity contribution in [3.05, 3.63) is 29.8 Å². The molecule has 23 heavy (non-hydrogen) atoms. The van der Waals surface area contributed by atoms with Gasteiger partial charge in [-0.25, -0.2) is 0 Å². The molecule has 1 aromatic rings. The molecule has 1 aromatic carbocycles. The third-order valence-corrected chi connectivity index (χ3v) is 2.94. The van der Waals surface area contributed by atoms with Gasteiger partial charge in [0.2, 0.25) is 5.91 Å². The number of guanidine groups is 1. The number of halogens is 1. The van der Waals surface area contributed by atoms with Crippen LogP contribution in [0.5, 0.6) is 5.75 Å². The minimum Gasteiger partial charge on any atom is -0.497 e. The molecule has 1 amide bonds. The van der Waals surface area contributed by atoms with Gasteiger partial charge in [0.25, 0.3) is 0 Å². The number of aliphatic imine (C=N–C) groups is 1. The van der Waals surface area contributed by atoms with Gasteiger partial charge in [0.05, 0.1) is 7.11 Å². The highest BCUT2D eigenvalue weighted by Crippen LogP contribution is 2.10. The SMILES string of the molecule is CN=C(NCCC(=O)NC(C)C)NCc1ccc(OC)cc1.I. The lowest BCUT2D eigenvalue weighted by molar-refractivity contribution is -0.121. The van der Waals surface area contributed by atoms with Gasteiger partial charge >= 0.3 is 0 Å². The van der Waals surface area contributed by atoms with Crippen molar-refractivity contribution in [1.29, 1.82) is 0 Å². The quantitative estimate of drug-likeness (QED) is 0.348. The number of carbonyl (C=O) groups is 1. The van der Waals surface area contributed by atoms with Gasteiger partial charge < -0.3 is 20.7 Å². The Balaban J connectivity index is 0.00000484. The van der Waals surface area contributed by atoms with Gasteiger partial charge in [-0.05, 0) is 31.5 Å². The Morgan fingerprint density at radius 3 is 2.39 bits per heavy atom. The number of methoxy groups -OCH3 is 1. The van der Waals surface area contributed by atoms with Gasteiger partial charge in [-0.2, -0.15) is 0 Å². The highest BCUT2D eigenvalue weighted by Gasteiger charge is 2.04. The summed E-state index contributed by atoms with van der Waals surface area (Å²) in [5.41, 5.74) is 1.13. The summed E-state index contributed by atoms with van der Waals surface area (Å²) < 4.78 is 5.12. The second kappa shape index (κ2) is 12.0. The van der Waals surface area contributed by atoms with E-state index in [0.717, 1.165) is 11.3 Å². The van der Waals surface area contributed by atoms with Crippen molar-refractivity contribution in [2.75, 3.05) is 20.7 Å². The van der Waals surface area contributed by atoms with Gasteiger partial charge in [0.15, 0.2) is 5.96 Å². The van der Waals surface area contributed by atoms with E-state index in [0.29, 0.717) is 25.5 Å². The maximum Gasteiger partial charge on any atom is 0.221 e. The van der Waals surface area contributed by atoms with E-state index in [4.69, 9.17) is 4.74 Å². The molecule has 0 aromatic heterocycles. The third-order valence-electron chi connectivity index (χ3n) is 2.94. The lowest BCUT2D eigenvalue weighted by atomic mass is 10.2. The van der Waals surface area contributed by atoms with Gasteiger partial charge in [0, 0.05) is 32.6 Å². The van der Waals surface area contributed by atoms with E-state index >= 15 is 0 Å². The predicted molar refractivity (Wildman–Crippen MR) is 105 cm³/mol. The molecule has 0 aliphatic carbocycles. The van der Waals surface area contributed by atoms with E-state index < -0.39 is 0 Å². The molecule has 0 spiro atoms. The van der Waals surface area contributed by atoms with Gasteiger partial charge in [-0.1, -0.05) is 12.1 Å². The Morgan fingerprint density at radius 2 is 1.87 bits per heavy atom. The molecular weight excluding hydrogens is 407 g/mol. The lowest BCUT2D eigenvalue weighted by Crippen LogP contribution is -2.39. The average molecular weight is 434 g/mol. The van der Waals surface area contributed by atoms with Crippen LogP contribution in [0.4, 0.5) is 0 Å². The standard InChI is InChI=1S/C16H26N4O2.HI/c1-12(2)20-15(21)9-10-18-16(17-3)19-11-13-5-7-14(22-4)8-6-13;/h5-8,12H,9-11H2,1-4H3,(H,20,21)(H2,17,18,19);1H. The number of hydrogen-bond donors (Lipinski definition) is 3. The summed E-state index contributed by atoms with van der Waals surface area (Å²) in [5.74, 6) is 1.55. The largest absolute Gasteiger partial charge is 0.497 e. The van der Waals surface area contributed by atoms with Crippen molar-refractivity contribution in [2.24, 2.45) is 4.99 Å². The predicted octanol–water partition coefficient (Wildman–Crippen LogP) is 1.89. The van der Waals surface area contributed by atoms with Crippen LogP contribution in [0.1, 0.15) is 25.8 Å². The van der Waals surface area contributed by atoms with E-state index in [1.54, 1.807) is 14.2 Å². The number of carbonyl (C=O) groups excluding carboxylic acids is 1. The van der Waals surface area contributed by atoms with Crippen LogP contribution in [-0.4, -0.2) is 38.6 Å². The Morgan fingerprint density at radius 1 is 1.22 bits per heavy atom. The van der Waals surface area contributed by atoms with E-state index in [-0.39, 0.29) is 35.9 Å². The zero-order valence-corrected chi connectivity index (χ0v) is 16.5. The molecule has 1 rings (SSSR count). The van der Waals surface area contributed by atoms with Crippen LogP contribution >= 0.6 is 24.0 Å². The first kappa shape index (κ1) is 21.5. The van der Waals surface area contributed by atoms with Crippen LogP contribution in [0.25, 0.3) is 0 Å². The van der Waals surface area contributed by atoms with Gasteiger partial charge in [-0.3, -0.25) is 9.79 Å². The summed E-state index contributed by atoms with van der Waals surface area (Å²) in [6.07, 6.45) is 0.418. The molecule has 3 N–H and O–H groups in total. The number of nitrogens with zero attached hydrogens (tertiary/aromatic N) is 1. The number of amides is 1. The number of benzene rings is 1. The lowest BCUT2D eigenvalue weighted by Gasteiger charge is -2.13. The summed E-state index contributed by atoms with van der Waals surface area (Å²) in [4.78, 5) is 15.7. The topological polar surface area (TPSA) is 74.8 Å². The number of hydrogen-bond acceptors (Lipinski definition) is 3. The monoisotopic (exact) mass is 434 g/mol. The molecule has 0 saturated heterocycles. The van der Waals surface area contributed by atoms with Crippen molar-refractivity contribution in [1.82, 2.24) is 16.0 Å². The smallest absolute Gasteiger partial charge is 0.221 e.